The van der Waals surface area contributed by atoms with Crippen molar-refractivity contribution < 1.29 is 13.5 Å². The average molecular weight is 344 g/mol. The largest absolute Gasteiger partial charge is 0.372 e. The zero-order valence-electron chi connectivity index (χ0n) is 14.1. The van der Waals surface area contributed by atoms with E-state index in [0.717, 1.165) is 50.5 Å². The van der Waals surface area contributed by atoms with Gasteiger partial charge in [0.2, 0.25) is 0 Å². The van der Waals surface area contributed by atoms with Crippen LogP contribution in [0.4, 0.5) is 8.78 Å². The van der Waals surface area contributed by atoms with Crippen molar-refractivity contribution >= 4 is 0 Å². The van der Waals surface area contributed by atoms with Gasteiger partial charge in [0, 0.05) is 32.7 Å². The van der Waals surface area contributed by atoms with E-state index in [0.29, 0.717) is 6.10 Å². The van der Waals surface area contributed by atoms with Gasteiger partial charge in [0.25, 0.3) is 0 Å². The van der Waals surface area contributed by atoms with Crippen LogP contribution in [0, 0.1) is 11.6 Å². The van der Waals surface area contributed by atoms with Gasteiger partial charge in [-0.05, 0) is 35.4 Å². The lowest BCUT2D eigenvalue weighted by molar-refractivity contribution is 0.104. The van der Waals surface area contributed by atoms with Crippen LogP contribution in [0.1, 0.15) is 17.2 Å². The summed E-state index contributed by atoms with van der Waals surface area (Å²) in [6.45, 7) is 5.70. The van der Waals surface area contributed by atoms with Crippen LogP contribution in [0.5, 0.6) is 0 Å². The van der Waals surface area contributed by atoms with Crippen LogP contribution in [0.25, 0.3) is 0 Å². The Morgan fingerprint density at radius 2 is 1.32 bits per heavy atom. The van der Waals surface area contributed by atoms with Crippen LogP contribution in [-0.4, -0.2) is 55.2 Å². The number of nitrogens with zero attached hydrogens (tertiary/aromatic N) is 2. The molecule has 1 atom stereocenters. The number of hydrogen-bond donors (Lipinski definition) is 0. The zero-order chi connectivity index (χ0) is 17.2. The molecule has 5 heteroatoms. The van der Waals surface area contributed by atoms with Gasteiger partial charge in [-0.15, -0.1) is 0 Å². The van der Waals surface area contributed by atoms with Crippen LogP contribution in [0.3, 0.4) is 0 Å². The highest BCUT2D eigenvalue weighted by Crippen LogP contribution is 2.30. The van der Waals surface area contributed by atoms with E-state index >= 15 is 0 Å². The highest BCUT2D eigenvalue weighted by molar-refractivity contribution is 5.32. The molecule has 2 aliphatic heterocycles. The van der Waals surface area contributed by atoms with Crippen molar-refractivity contribution in [1.82, 2.24) is 9.80 Å². The Labute approximate surface area is 146 Å². The molecule has 0 aromatic heterocycles. The summed E-state index contributed by atoms with van der Waals surface area (Å²) in [6, 6.07) is 13.3. The van der Waals surface area contributed by atoms with E-state index in [4.69, 9.17) is 4.74 Å². The van der Waals surface area contributed by atoms with Crippen LogP contribution in [-0.2, 0) is 4.74 Å². The summed E-state index contributed by atoms with van der Waals surface area (Å²) >= 11 is 0. The molecule has 132 valence electrons. The molecule has 2 fully saturated rings. The van der Waals surface area contributed by atoms with E-state index < -0.39 is 0 Å². The van der Waals surface area contributed by atoms with Crippen molar-refractivity contribution in [1.29, 1.82) is 0 Å². The maximum absolute atomic E-state index is 13.3. The Bertz CT molecular complexity index is 647. The fourth-order valence-corrected chi connectivity index (χ4v) is 3.57. The van der Waals surface area contributed by atoms with Gasteiger partial charge in [-0.25, -0.2) is 8.78 Å². The van der Waals surface area contributed by atoms with Crippen LogP contribution in [0.15, 0.2) is 48.5 Å². The van der Waals surface area contributed by atoms with Gasteiger partial charge in [-0.2, -0.15) is 0 Å². The SMILES string of the molecule is Fc1ccc(C(c2ccc(F)cc2)N2CCN(CC3CO3)CC2)cc1. The van der Waals surface area contributed by atoms with Crippen LogP contribution >= 0.6 is 0 Å². The van der Waals surface area contributed by atoms with E-state index in [1.54, 1.807) is 0 Å². The molecular formula is C20H22F2N2O. The lowest BCUT2D eigenvalue weighted by Crippen LogP contribution is -2.48. The molecule has 2 aromatic carbocycles. The van der Waals surface area contributed by atoms with Gasteiger partial charge in [-0.3, -0.25) is 9.80 Å². The second-order valence-corrected chi connectivity index (χ2v) is 6.80. The minimum atomic E-state index is -0.240. The summed E-state index contributed by atoms with van der Waals surface area (Å²) in [4.78, 5) is 4.82. The lowest BCUT2D eigenvalue weighted by Gasteiger charge is -2.39. The van der Waals surface area contributed by atoms with Gasteiger partial charge in [0.1, 0.15) is 11.6 Å². The molecule has 0 bridgehead atoms. The van der Waals surface area contributed by atoms with Gasteiger partial charge in [-0.1, -0.05) is 24.3 Å². The van der Waals surface area contributed by atoms with Gasteiger partial charge in [0.15, 0.2) is 0 Å². The quantitative estimate of drug-likeness (QED) is 0.777. The number of epoxide rings is 1. The van der Waals surface area contributed by atoms with Crippen molar-refractivity contribution in [3.63, 3.8) is 0 Å². The standard InChI is InChI=1S/C20H22F2N2O/c21-17-5-1-15(2-6-17)20(16-3-7-18(22)8-4-16)24-11-9-23(10-12-24)13-19-14-25-19/h1-8,19-20H,9-14H2. The highest BCUT2D eigenvalue weighted by Gasteiger charge is 2.30. The third-order valence-electron chi connectivity index (χ3n) is 5.01. The second kappa shape index (κ2) is 7.20. The van der Waals surface area contributed by atoms with Crippen molar-refractivity contribution in [3.8, 4) is 0 Å². The summed E-state index contributed by atoms with van der Waals surface area (Å²) in [6.07, 6.45) is 0.413. The molecule has 0 radical (unpaired) electrons. The maximum atomic E-state index is 13.3. The van der Waals surface area contributed by atoms with Crippen molar-refractivity contribution in [2.45, 2.75) is 12.1 Å². The summed E-state index contributed by atoms with van der Waals surface area (Å²) in [7, 11) is 0. The van der Waals surface area contributed by atoms with Gasteiger partial charge >= 0.3 is 0 Å². The van der Waals surface area contributed by atoms with Crippen LogP contribution in [0.2, 0.25) is 0 Å². The maximum Gasteiger partial charge on any atom is 0.123 e. The molecule has 2 aliphatic rings. The lowest BCUT2D eigenvalue weighted by atomic mass is 9.96. The fraction of sp³-hybridized carbons (Fsp3) is 0.400. The Hall–Kier alpha value is -1.82. The molecule has 2 aromatic rings. The molecule has 0 aliphatic carbocycles. The zero-order valence-corrected chi connectivity index (χ0v) is 14.1. The minimum Gasteiger partial charge on any atom is -0.372 e. The monoisotopic (exact) mass is 344 g/mol. The number of rotatable bonds is 5. The summed E-state index contributed by atoms with van der Waals surface area (Å²) < 4.78 is 32.0. The summed E-state index contributed by atoms with van der Waals surface area (Å²) in [5.41, 5.74) is 2.07. The normalized spacial score (nSPS) is 21.6. The number of ether oxygens (including phenoxy) is 1. The first-order valence-electron chi connectivity index (χ1n) is 8.78. The van der Waals surface area contributed by atoms with Crippen LogP contribution < -0.4 is 0 Å². The molecule has 0 saturated carbocycles. The van der Waals surface area contributed by atoms with E-state index in [1.165, 1.54) is 24.3 Å². The Kier molecular flexibility index (Phi) is 4.79. The van der Waals surface area contributed by atoms with E-state index in [1.807, 2.05) is 24.3 Å². The van der Waals surface area contributed by atoms with E-state index in [9.17, 15) is 8.78 Å². The molecule has 3 nitrogen and oxygen atoms in total. The number of halogens is 2. The Morgan fingerprint density at radius 3 is 1.76 bits per heavy atom. The number of hydrogen-bond acceptors (Lipinski definition) is 3. The first-order valence-corrected chi connectivity index (χ1v) is 8.78. The summed E-state index contributed by atoms with van der Waals surface area (Å²) in [5.74, 6) is -0.480. The van der Waals surface area contributed by atoms with Gasteiger partial charge in [0.05, 0.1) is 18.8 Å². The molecule has 25 heavy (non-hydrogen) atoms. The molecule has 2 heterocycles. The fourth-order valence-electron chi connectivity index (χ4n) is 3.57. The van der Waals surface area contributed by atoms with Crippen molar-refractivity contribution in [3.05, 3.63) is 71.3 Å². The molecule has 2 saturated heterocycles. The molecular weight excluding hydrogens is 322 g/mol. The average Bonchev–Trinajstić information content (AvgIpc) is 3.44. The third-order valence-corrected chi connectivity index (χ3v) is 5.01. The molecule has 0 spiro atoms. The van der Waals surface area contributed by atoms with E-state index in [-0.39, 0.29) is 17.7 Å². The molecule has 1 unspecified atom stereocenters. The van der Waals surface area contributed by atoms with Crippen molar-refractivity contribution in [2.75, 3.05) is 39.3 Å². The predicted molar refractivity (Wildman–Crippen MR) is 92.4 cm³/mol. The minimum absolute atomic E-state index is 0.0144. The first-order chi connectivity index (χ1) is 12.2. The predicted octanol–water partition coefficient (Wildman–Crippen LogP) is 3.07. The summed E-state index contributed by atoms with van der Waals surface area (Å²) in [5, 5.41) is 0. The number of piperazine rings is 1. The smallest absolute Gasteiger partial charge is 0.123 e. The van der Waals surface area contributed by atoms with E-state index in [2.05, 4.69) is 9.80 Å². The third kappa shape index (κ3) is 4.06. The molecule has 4 rings (SSSR count). The molecule has 0 amide bonds. The second-order valence-electron chi connectivity index (χ2n) is 6.80. The Balaban J connectivity index is 1.54. The molecule has 0 N–H and O–H groups in total. The first kappa shape index (κ1) is 16.6. The Morgan fingerprint density at radius 1 is 0.840 bits per heavy atom. The topological polar surface area (TPSA) is 19.0 Å². The van der Waals surface area contributed by atoms with Crippen molar-refractivity contribution in [2.24, 2.45) is 0 Å². The highest BCUT2D eigenvalue weighted by atomic mass is 19.1. The number of benzene rings is 2. The van der Waals surface area contributed by atoms with Gasteiger partial charge < -0.3 is 4.74 Å².